The molecule has 0 bridgehead atoms. The number of anilines is 2. The molecule has 5 heterocycles. The van der Waals surface area contributed by atoms with Gasteiger partial charge in [0, 0.05) is 36.5 Å². The van der Waals surface area contributed by atoms with Crippen molar-refractivity contribution in [1.29, 1.82) is 0 Å². The highest BCUT2D eigenvalue weighted by Gasteiger charge is 2.27. The Labute approximate surface area is 227 Å². The van der Waals surface area contributed by atoms with Crippen molar-refractivity contribution in [2.45, 2.75) is 52.6 Å². The van der Waals surface area contributed by atoms with Crippen molar-refractivity contribution in [3.63, 3.8) is 0 Å². The minimum atomic E-state index is -0.329. The molecule has 6 rings (SSSR count). The van der Waals surface area contributed by atoms with Crippen LogP contribution in [0, 0.1) is 19.7 Å². The van der Waals surface area contributed by atoms with Crippen LogP contribution in [0.1, 0.15) is 44.1 Å². The second kappa shape index (κ2) is 10.5. The van der Waals surface area contributed by atoms with E-state index in [1.807, 2.05) is 11.5 Å². The summed E-state index contributed by atoms with van der Waals surface area (Å²) in [5.74, 6) is 1.56. The highest BCUT2D eigenvalue weighted by Crippen LogP contribution is 2.34. The van der Waals surface area contributed by atoms with Gasteiger partial charge in [-0.3, -0.25) is 4.68 Å². The van der Waals surface area contributed by atoms with Crippen molar-refractivity contribution in [1.82, 2.24) is 34.6 Å². The molecule has 2 fully saturated rings. The highest BCUT2D eigenvalue weighted by molar-refractivity contribution is 5.81. The van der Waals surface area contributed by atoms with E-state index in [4.69, 9.17) is 19.8 Å². The number of ether oxygens (including phenoxy) is 1. The van der Waals surface area contributed by atoms with Crippen molar-refractivity contribution >= 4 is 22.8 Å². The summed E-state index contributed by atoms with van der Waals surface area (Å²) < 4.78 is 23.9. The number of hydrogen-bond acceptors (Lipinski definition) is 8. The number of fused-ring (bicyclic) bond motifs is 1. The van der Waals surface area contributed by atoms with Gasteiger partial charge in [0.25, 0.3) is 0 Å². The molecule has 0 radical (unpaired) electrons. The monoisotopic (exact) mass is 533 g/mol. The summed E-state index contributed by atoms with van der Waals surface area (Å²) in [6.45, 7) is 13.0. The minimum Gasteiger partial charge on any atom is -0.377 e. The van der Waals surface area contributed by atoms with Crippen LogP contribution in [0.15, 0.2) is 24.3 Å². The summed E-state index contributed by atoms with van der Waals surface area (Å²) in [4.78, 5) is 17.1. The molecule has 0 spiro atoms. The molecule has 1 atom stereocenters. The third-order valence-corrected chi connectivity index (χ3v) is 7.75. The Morgan fingerprint density at radius 3 is 2.72 bits per heavy atom. The maximum Gasteiger partial charge on any atom is 0.239 e. The zero-order chi connectivity index (χ0) is 27.1. The summed E-state index contributed by atoms with van der Waals surface area (Å²) in [7, 11) is 0. The van der Waals surface area contributed by atoms with Gasteiger partial charge in [-0.25, -0.2) is 18.9 Å². The van der Waals surface area contributed by atoms with Crippen molar-refractivity contribution in [2.75, 3.05) is 49.6 Å². The lowest BCUT2D eigenvalue weighted by Crippen LogP contribution is -2.44. The fourth-order valence-electron chi connectivity index (χ4n) is 5.84. The third-order valence-electron chi connectivity index (χ3n) is 7.75. The lowest BCUT2D eigenvalue weighted by atomic mass is 10.1. The van der Waals surface area contributed by atoms with E-state index in [1.165, 1.54) is 12.1 Å². The average Bonchev–Trinajstić information content (AvgIpc) is 3.44. The Balaban J connectivity index is 1.55. The summed E-state index contributed by atoms with van der Waals surface area (Å²) in [6, 6.07) is 7.22. The number of benzene rings is 1. The van der Waals surface area contributed by atoms with Crippen LogP contribution in [0.2, 0.25) is 0 Å². The van der Waals surface area contributed by atoms with Gasteiger partial charge < -0.3 is 20.3 Å². The lowest BCUT2D eigenvalue weighted by Gasteiger charge is -2.34. The van der Waals surface area contributed by atoms with Crippen molar-refractivity contribution in [2.24, 2.45) is 0 Å². The Kier molecular flexibility index (Phi) is 6.94. The molecule has 2 saturated heterocycles. The van der Waals surface area contributed by atoms with E-state index in [1.54, 1.807) is 6.07 Å². The van der Waals surface area contributed by atoms with Crippen molar-refractivity contribution in [3.05, 3.63) is 41.5 Å². The fourth-order valence-corrected chi connectivity index (χ4v) is 5.84. The zero-order valence-electron chi connectivity index (χ0n) is 23.0. The van der Waals surface area contributed by atoms with Gasteiger partial charge in [0.2, 0.25) is 11.9 Å². The molecule has 0 unspecified atom stereocenters. The topological polar surface area (TPSA) is 98.0 Å². The standard InChI is InChI=1S/C28H36FN9O/c1-5-31-27-32-22-14-20(29)6-7-24(22)37(27)28-33-23(15-25(34-28)36-12-13-39-16-17(36)2)26-18(3)35-38(19(26)4)21-8-10-30-11-9-21/h6-7,14-15,17,21,30H,5,8-13,16H2,1-4H3,(H,31,32)/t17-/m1/s1. The molecule has 2 N–H and O–H groups in total. The summed E-state index contributed by atoms with van der Waals surface area (Å²) in [5.41, 5.74) is 5.18. The highest BCUT2D eigenvalue weighted by atomic mass is 19.1. The molecule has 206 valence electrons. The van der Waals surface area contributed by atoms with E-state index in [-0.39, 0.29) is 11.9 Å². The van der Waals surface area contributed by atoms with E-state index in [9.17, 15) is 4.39 Å². The van der Waals surface area contributed by atoms with E-state index in [2.05, 4.69) is 52.0 Å². The van der Waals surface area contributed by atoms with Crippen LogP contribution in [-0.2, 0) is 4.74 Å². The number of nitrogens with one attached hydrogen (secondary N) is 2. The van der Waals surface area contributed by atoms with Gasteiger partial charge >= 0.3 is 0 Å². The molecule has 2 aliphatic heterocycles. The summed E-state index contributed by atoms with van der Waals surface area (Å²) >= 11 is 0. The predicted octanol–water partition coefficient (Wildman–Crippen LogP) is 4.02. The van der Waals surface area contributed by atoms with Gasteiger partial charge in [0.15, 0.2) is 0 Å². The van der Waals surface area contributed by atoms with Gasteiger partial charge in [-0.2, -0.15) is 10.1 Å². The molecule has 4 aromatic rings. The number of nitrogens with zero attached hydrogens (tertiary/aromatic N) is 7. The van der Waals surface area contributed by atoms with E-state index >= 15 is 0 Å². The average molecular weight is 534 g/mol. The zero-order valence-corrected chi connectivity index (χ0v) is 23.0. The summed E-state index contributed by atoms with van der Waals surface area (Å²) in [6.07, 6.45) is 2.10. The second-order valence-corrected chi connectivity index (χ2v) is 10.4. The number of halogens is 1. The number of aryl methyl sites for hydroxylation is 1. The predicted molar refractivity (Wildman–Crippen MR) is 150 cm³/mol. The Morgan fingerprint density at radius 2 is 1.95 bits per heavy atom. The third kappa shape index (κ3) is 4.74. The first kappa shape index (κ1) is 25.7. The molecular formula is C28H36FN9O. The van der Waals surface area contributed by atoms with Crippen LogP contribution in [-0.4, -0.2) is 74.7 Å². The van der Waals surface area contributed by atoms with Crippen LogP contribution in [0.25, 0.3) is 28.2 Å². The number of hydrogen-bond donors (Lipinski definition) is 2. The number of morpholine rings is 1. The molecule has 2 aliphatic rings. The van der Waals surface area contributed by atoms with Gasteiger partial charge in [-0.15, -0.1) is 0 Å². The Morgan fingerprint density at radius 1 is 1.13 bits per heavy atom. The molecule has 0 amide bonds. The molecule has 0 aliphatic carbocycles. The molecule has 10 nitrogen and oxygen atoms in total. The first-order valence-corrected chi connectivity index (χ1v) is 13.9. The quantitative estimate of drug-likeness (QED) is 0.384. The second-order valence-electron chi connectivity index (χ2n) is 10.4. The smallest absolute Gasteiger partial charge is 0.239 e. The molecule has 39 heavy (non-hydrogen) atoms. The number of imidazole rings is 1. The minimum absolute atomic E-state index is 0.163. The fraction of sp³-hybridized carbons (Fsp3) is 0.500. The number of aromatic nitrogens is 6. The van der Waals surface area contributed by atoms with Gasteiger partial charge in [-0.05, 0) is 65.8 Å². The normalized spacial score (nSPS) is 18.7. The first-order valence-electron chi connectivity index (χ1n) is 13.9. The molecule has 1 aromatic carbocycles. The largest absolute Gasteiger partial charge is 0.377 e. The molecular weight excluding hydrogens is 497 g/mol. The van der Waals surface area contributed by atoms with Gasteiger partial charge in [0.05, 0.1) is 47.7 Å². The van der Waals surface area contributed by atoms with E-state index < -0.39 is 0 Å². The Hall–Kier alpha value is -3.57. The molecule has 11 heteroatoms. The molecule has 3 aromatic heterocycles. The lowest BCUT2D eigenvalue weighted by molar-refractivity contribution is 0.0985. The van der Waals surface area contributed by atoms with Gasteiger partial charge in [-0.1, -0.05) is 0 Å². The van der Waals surface area contributed by atoms with E-state index in [0.29, 0.717) is 43.2 Å². The van der Waals surface area contributed by atoms with Crippen molar-refractivity contribution in [3.8, 4) is 17.2 Å². The maximum absolute atomic E-state index is 14.1. The molecule has 0 saturated carbocycles. The van der Waals surface area contributed by atoms with Gasteiger partial charge in [0.1, 0.15) is 11.6 Å². The number of rotatable bonds is 6. The van der Waals surface area contributed by atoms with E-state index in [0.717, 1.165) is 66.5 Å². The Bertz CT molecular complexity index is 1490. The van der Waals surface area contributed by atoms with Crippen molar-refractivity contribution < 1.29 is 9.13 Å². The first-order chi connectivity index (χ1) is 18.9. The summed E-state index contributed by atoms with van der Waals surface area (Å²) in [5, 5.41) is 11.7. The van der Waals surface area contributed by atoms with Crippen LogP contribution in [0.3, 0.4) is 0 Å². The van der Waals surface area contributed by atoms with Crippen LogP contribution >= 0.6 is 0 Å². The number of piperidine rings is 1. The van der Waals surface area contributed by atoms with Crippen LogP contribution in [0.5, 0.6) is 0 Å². The SMILES string of the molecule is CCNc1nc2cc(F)ccc2n1-c1nc(-c2c(C)nn(C3CCNCC3)c2C)cc(N2CCOC[C@H]2C)n1. The maximum atomic E-state index is 14.1. The van der Waals surface area contributed by atoms with Crippen LogP contribution < -0.4 is 15.5 Å². The van der Waals surface area contributed by atoms with Crippen LogP contribution in [0.4, 0.5) is 16.2 Å².